The van der Waals surface area contributed by atoms with Crippen molar-refractivity contribution in [1.82, 2.24) is 9.80 Å². The molecule has 2 aromatic rings. The summed E-state index contributed by atoms with van der Waals surface area (Å²) in [5, 5.41) is 0. The van der Waals surface area contributed by atoms with Crippen molar-refractivity contribution in [3.05, 3.63) is 54.0 Å². The summed E-state index contributed by atoms with van der Waals surface area (Å²) < 4.78 is 10.7. The van der Waals surface area contributed by atoms with E-state index in [1.54, 1.807) is 28.9 Å². The van der Waals surface area contributed by atoms with E-state index in [-0.39, 0.29) is 24.2 Å². The Bertz CT molecular complexity index is 806. The Morgan fingerprint density at radius 3 is 2.29 bits per heavy atom. The molecule has 0 radical (unpaired) electrons. The summed E-state index contributed by atoms with van der Waals surface area (Å²) in [6.07, 6.45) is 2.70. The quantitative estimate of drug-likeness (QED) is 0.731. The molecule has 1 aliphatic heterocycles. The maximum Gasteiger partial charge on any atom is 0.289 e. The molecule has 28 heavy (non-hydrogen) atoms. The van der Waals surface area contributed by atoms with Gasteiger partial charge in [-0.1, -0.05) is 12.1 Å². The number of rotatable bonds is 7. The maximum absolute atomic E-state index is 12.4. The van der Waals surface area contributed by atoms with Crippen LogP contribution in [0.15, 0.2) is 47.1 Å². The number of amides is 2. The Balaban J connectivity index is 1.42. The van der Waals surface area contributed by atoms with Gasteiger partial charge < -0.3 is 23.7 Å². The number of Topliss-reactive ketones (excluding diaryl/α,β-unsaturated/α-hetero) is 1. The summed E-state index contributed by atoms with van der Waals surface area (Å²) in [7, 11) is 0. The molecular formula is C21H24N2O5. The molecule has 1 saturated heterocycles. The first-order chi connectivity index (χ1) is 13.5. The third-order valence-corrected chi connectivity index (χ3v) is 4.70. The minimum Gasteiger partial charge on any atom is -0.484 e. The average Bonchev–Trinajstić information content (AvgIpc) is 3.25. The van der Waals surface area contributed by atoms with Crippen LogP contribution in [0.1, 0.15) is 29.5 Å². The molecular weight excluding hydrogens is 360 g/mol. The molecule has 1 fully saturated rings. The van der Waals surface area contributed by atoms with E-state index in [9.17, 15) is 14.4 Å². The van der Waals surface area contributed by atoms with Crippen LogP contribution in [0.4, 0.5) is 0 Å². The summed E-state index contributed by atoms with van der Waals surface area (Å²) in [6, 6.07) is 10.7. The summed E-state index contributed by atoms with van der Waals surface area (Å²) in [5.41, 5.74) is 1.06. The molecule has 7 nitrogen and oxygen atoms in total. The largest absolute Gasteiger partial charge is 0.484 e. The Morgan fingerprint density at radius 2 is 1.68 bits per heavy atom. The highest BCUT2D eigenvalue weighted by molar-refractivity contribution is 5.91. The van der Waals surface area contributed by atoms with E-state index in [0.717, 1.165) is 5.56 Å². The molecule has 1 aromatic carbocycles. The minimum absolute atomic E-state index is 0.0427. The Hall–Kier alpha value is -3.09. The minimum atomic E-state index is -0.154. The van der Waals surface area contributed by atoms with Gasteiger partial charge in [-0.25, -0.2) is 0 Å². The molecule has 1 aliphatic rings. The van der Waals surface area contributed by atoms with Crippen molar-refractivity contribution in [2.24, 2.45) is 0 Å². The number of benzene rings is 1. The van der Waals surface area contributed by atoms with E-state index in [1.807, 2.05) is 24.3 Å². The van der Waals surface area contributed by atoms with E-state index in [2.05, 4.69) is 0 Å². The fourth-order valence-corrected chi connectivity index (χ4v) is 3.02. The van der Waals surface area contributed by atoms with Crippen molar-refractivity contribution in [2.75, 3.05) is 32.8 Å². The number of nitrogens with zero attached hydrogens (tertiary/aromatic N) is 2. The lowest BCUT2D eigenvalue weighted by atomic mass is 10.1. The van der Waals surface area contributed by atoms with Crippen molar-refractivity contribution in [3.63, 3.8) is 0 Å². The van der Waals surface area contributed by atoms with Gasteiger partial charge in [-0.15, -0.1) is 0 Å². The van der Waals surface area contributed by atoms with Crippen LogP contribution in [0.25, 0.3) is 0 Å². The van der Waals surface area contributed by atoms with Crippen LogP contribution in [-0.2, 0) is 16.0 Å². The number of aryl methyl sites for hydroxylation is 1. The van der Waals surface area contributed by atoms with Gasteiger partial charge in [-0.3, -0.25) is 9.59 Å². The second kappa shape index (κ2) is 9.21. The highest BCUT2D eigenvalue weighted by Crippen LogP contribution is 2.14. The highest BCUT2D eigenvalue weighted by Gasteiger charge is 2.26. The van der Waals surface area contributed by atoms with Crippen molar-refractivity contribution < 1.29 is 23.5 Å². The number of ketones is 1. The fraction of sp³-hybridized carbons (Fsp3) is 0.381. The molecule has 0 unspecified atom stereocenters. The van der Waals surface area contributed by atoms with E-state index >= 15 is 0 Å². The number of hydrogen-bond acceptors (Lipinski definition) is 5. The predicted molar refractivity (Wildman–Crippen MR) is 102 cm³/mol. The molecule has 0 aliphatic carbocycles. The van der Waals surface area contributed by atoms with Gasteiger partial charge in [-0.05, 0) is 43.2 Å². The smallest absolute Gasteiger partial charge is 0.289 e. The van der Waals surface area contributed by atoms with Crippen LogP contribution in [0, 0.1) is 0 Å². The molecule has 2 amide bonds. The van der Waals surface area contributed by atoms with Crippen molar-refractivity contribution in [2.45, 2.75) is 19.8 Å². The van der Waals surface area contributed by atoms with Gasteiger partial charge in [0.2, 0.25) is 0 Å². The fourth-order valence-electron chi connectivity index (χ4n) is 3.02. The molecule has 1 aromatic heterocycles. The number of furan rings is 1. The standard InChI is InChI=1S/C21H24N2O5/c1-16(24)4-5-17-6-8-18(9-7-17)28-15-20(25)22-10-12-23(13-11-22)21(26)19-3-2-14-27-19/h2-3,6-9,14H,4-5,10-13,15H2,1H3. The topological polar surface area (TPSA) is 80.1 Å². The van der Waals surface area contributed by atoms with Crippen LogP contribution >= 0.6 is 0 Å². The van der Waals surface area contributed by atoms with Crippen LogP contribution < -0.4 is 4.74 Å². The normalized spacial score (nSPS) is 14.0. The summed E-state index contributed by atoms with van der Waals surface area (Å²) >= 11 is 0. The van der Waals surface area contributed by atoms with Gasteiger partial charge in [0.25, 0.3) is 11.8 Å². The summed E-state index contributed by atoms with van der Waals surface area (Å²) in [6.45, 7) is 3.41. The van der Waals surface area contributed by atoms with Gasteiger partial charge in [0.1, 0.15) is 11.5 Å². The van der Waals surface area contributed by atoms with Crippen LogP contribution in [0.5, 0.6) is 5.75 Å². The lowest BCUT2D eigenvalue weighted by Crippen LogP contribution is -2.51. The van der Waals surface area contributed by atoms with Gasteiger partial charge >= 0.3 is 0 Å². The van der Waals surface area contributed by atoms with Crippen molar-refractivity contribution in [3.8, 4) is 5.75 Å². The molecule has 0 atom stereocenters. The SMILES string of the molecule is CC(=O)CCc1ccc(OCC(=O)N2CCN(C(=O)c3ccco3)CC2)cc1. The first-order valence-electron chi connectivity index (χ1n) is 9.34. The number of hydrogen-bond donors (Lipinski definition) is 0. The molecule has 7 heteroatoms. The van der Waals surface area contributed by atoms with E-state index in [1.165, 1.54) is 6.26 Å². The molecule has 0 bridgehead atoms. The van der Waals surface area contributed by atoms with Crippen LogP contribution in [0.2, 0.25) is 0 Å². The maximum atomic E-state index is 12.4. The van der Waals surface area contributed by atoms with Gasteiger partial charge in [0.05, 0.1) is 6.26 Å². The van der Waals surface area contributed by atoms with Crippen molar-refractivity contribution in [1.29, 1.82) is 0 Å². The summed E-state index contributed by atoms with van der Waals surface area (Å²) in [5.74, 6) is 0.835. The zero-order valence-electron chi connectivity index (χ0n) is 15.9. The molecule has 148 valence electrons. The zero-order chi connectivity index (χ0) is 19.9. The number of ether oxygens (including phenoxy) is 1. The van der Waals surface area contributed by atoms with Gasteiger partial charge in [0, 0.05) is 32.6 Å². The first-order valence-corrected chi connectivity index (χ1v) is 9.34. The van der Waals surface area contributed by atoms with Crippen molar-refractivity contribution >= 4 is 17.6 Å². The second-order valence-electron chi connectivity index (χ2n) is 6.78. The molecule has 0 saturated carbocycles. The van der Waals surface area contributed by atoms with Crippen LogP contribution in [-0.4, -0.2) is 60.2 Å². The van der Waals surface area contributed by atoms with E-state index < -0.39 is 0 Å². The molecule has 0 N–H and O–H groups in total. The Labute approximate surface area is 163 Å². The highest BCUT2D eigenvalue weighted by atomic mass is 16.5. The Morgan fingerprint density at radius 1 is 1.00 bits per heavy atom. The van der Waals surface area contributed by atoms with Gasteiger partial charge in [-0.2, -0.15) is 0 Å². The second-order valence-corrected chi connectivity index (χ2v) is 6.78. The molecule has 0 spiro atoms. The van der Waals surface area contributed by atoms with Crippen LogP contribution in [0.3, 0.4) is 0 Å². The van der Waals surface area contributed by atoms with E-state index in [0.29, 0.717) is 50.5 Å². The Kier molecular flexibility index (Phi) is 6.47. The number of carbonyl (C=O) groups is 3. The third-order valence-electron chi connectivity index (χ3n) is 4.70. The monoisotopic (exact) mass is 384 g/mol. The van der Waals surface area contributed by atoms with Gasteiger partial charge in [0.15, 0.2) is 12.4 Å². The number of carbonyl (C=O) groups excluding carboxylic acids is 3. The third kappa shape index (κ3) is 5.22. The van der Waals surface area contributed by atoms with E-state index in [4.69, 9.17) is 9.15 Å². The average molecular weight is 384 g/mol. The molecule has 3 rings (SSSR count). The zero-order valence-corrected chi connectivity index (χ0v) is 15.9. The number of piperazine rings is 1. The lowest BCUT2D eigenvalue weighted by Gasteiger charge is -2.34. The lowest BCUT2D eigenvalue weighted by molar-refractivity contribution is -0.134. The first kappa shape index (κ1) is 19.7. The molecule has 2 heterocycles. The summed E-state index contributed by atoms with van der Waals surface area (Å²) in [4.78, 5) is 39.0. The predicted octanol–water partition coefficient (Wildman–Crippen LogP) is 2.16.